The highest BCUT2D eigenvalue weighted by Crippen LogP contribution is 2.23. The topological polar surface area (TPSA) is 107 Å². The normalized spacial score (nSPS) is 15.3. The van der Waals surface area contributed by atoms with E-state index in [1.54, 1.807) is 23.3 Å². The Balaban J connectivity index is 1.31. The van der Waals surface area contributed by atoms with E-state index in [1.807, 2.05) is 36.3 Å². The summed E-state index contributed by atoms with van der Waals surface area (Å²) in [5.74, 6) is 0.250. The number of nitrogens with one attached hydrogen (secondary N) is 1. The molecule has 5 rings (SSSR count). The summed E-state index contributed by atoms with van der Waals surface area (Å²) in [6.45, 7) is 5.39. The fourth-order valence-electron chi connectivity index (χ4n) is 4.05. The first-order valence-corrected chi connectivity index (χ1v) is 10.8. The maximum atomic E-state index is 12.8. The van der Waals surface area contributed by atoms with Gasteiger partial charge in [0.15, 0.2) is 0 Å². The van der Waals surface area contributed by atoms with Crippen LogP contribution in [0.3, 0.4) is 0 Å². The molecule has 1 fully saturated rings. The maximum Gasteiger partial charge on any atom is 0.260 e. The number of anilines is 1. The van der Waals surface area contributed by atoms with E-state index >= 15 is 0 Å². The van der Waals surface area contributed by atoms with Gasteiger partial charge in [0.1, 0.15) is 11.5 Å². The van der Waals surface area contributed by atoms with Gasteiger partial charge in [-0.25, -0.2) is 4.98 Å². The first-order chi connectivity index (χ1) is 15.6. The third-order valence-electron chi connectivity index (χ3n) is 5.95. The first kappa shape index (κ1) is 20.3. The maximum absolute atomic E-state index is 12.8. The molecule has 1 aliphatic rings. The summed E-state index contributed by atoms with van der Waals surface area (Å²) in [5, 5.41) is 17.2. The minimum Gasteiger partial charge on any atom is -0.306 e. The molecule has 0 radical (unpaired) electrons. The number of aryl methyl sites for hydroxylation is 1. The van der Waals surface area contributed by atoms with Crippen LogP contribution in [0.5, 0.6) is 0 Å². The Bertz CT molecular complexity index is 1250. The number of likely N-dealkylation sites (tertiary alicyclic amines) is 1. The van der Waals surface area contributed by atoms with E-state index in [4.69, 9.17) is 0 Å². The summed E-state index contributed by atoms with van der Waals surface area (Å²) in [5.41, 5.74) is 1.93. The molecule has 0 unspecified atom stereocenters. The van der Waals surface area contributed by atoms with E-state index in [0.717, 1.165) is 43.2 Å². The van der Waals surface area contributed by atoms with Crippen LogP contribution >= 0.6 is 0 Å². The van der Waals surface area contributed by atoms with Crippen LogP contribution in [0.2, 0.25) is 0 Å². The minimum atomic E-state index is -0.225. The number of piperidine rings is 1. The summed E-state index contributed by atoms with van der Waals surface area (Å²) in [7, 11) is 1.81. The van der Waals surface area contributed by atoms with E-state index in [1.165, 1.54) is 0 Å². The molecule has 4 aromatic heterocycles. The summed E-state index contributed by atoms with van der Waals surface area (Å²) in [6.07, 6.45) is 10.8. The van der Waals surface area contributed by atoms with Crippen LogP contribution in [0.15, 0.2) is 43.1 Å². The minimum absolute atomic E-state index is 0.225. The van der Waals surface area contributed by atoms with E-state index in [9.17, 15) is 4.79 Å². The Morgan fingerprint density at radius 3 is 2.62 bits per heavy atom. The molecular formula is C22H25N9O. The van der Waals surface area contributed by atoms with Crippen LogP contribution < -0.4 is 5.32 Å². The molecule has 1 amide bonds. The molecule has 1 N–H and O–H groups in total. The number of amides is 1. The van der Waals surface area contributed by atoms with E-state index in [-0.39, 0.29) is 5.91 Å². The van der Waals surface area contributed by atoms with Gasteiger partial charge in [-0.2, -0.15) is 5.10 Å². The van der Waals surface area contributed by atoms with Gasteiger partial charge in [0, 0.05) is 44.1 Å². The summed E-state index contributed by atoms with van der Waals surface area (Å²) < 4.78 is 3.56. The first-order valence-electron chi connectivity index (χ1n) is 10.8. The summed E-state index contributed by atoms with van der Waals surface area (Å²) >= 11 is 0. The quantitative estimate of drug-likeness (QED) is 0.517. The summed E-state index contributed by atoms with van der Waals surface area (Å²) in [6, 6.07) is 4.09. The van der Waals surface area contributed by atoms with Crippen molar-refractivity contribution >= 4 is 22.5 Å². The molecule has 1 saturated heterocycles. The van der Waals surface area contributed by atoms with Crippen LogP contribution in [0.1, 0.15) is 36.2 Å². The molecule has 0 spiro atoms. The van der Waals surface area contributed by atoms with Crippen LogP contribution in [-0.4, -0.2) is 65.2 Å². The van der Waals surface area contributed by atoms with Crippen molar-refractivity contribution in [2.45, 2.75) is 25.8 Å². The summed E-state index contributed by atoms with van der Waals surface area (Å²) in [4.78, 5) is 24.0. The lowest BCUT2D eigenvalue weighted by atomic mass is 10.1. The Kier molecular flexibility index (Phi) is 5.36. The molecule has 164 valence electrons. The zero-order valence-electron chi connectivity index (χ0n) is 18.1. The second kappa shape index (κ2) is 8.46. The van der Waals surface area contributed by atoms with Gasteiger partial charge >= 0.3 is 0 Å². The standard InChI is InChI=1S/C22H25N9O/c1-3-30-6-4-18(5-7-30)31-13-17(12-25-31)22(32)26-21-9-15-8-19(20-14-29(2)28-27-20)23-10-16(15)11-24-21/h8-14,18H,3-7H2,1-2H3,(H,24,26,32). The Labute approximate surface area is 185 Å². The van der Waals surface area contributed by atoms with Gasteiger partial charge in [-0.1, -0.05) is 12.1 Å². The van der Waals surface area contributed by atoms with Crippen molar-refractivity contribution in [1.82, 2.24) is 39.6 Å². The number of hydrogen-bond donors (Lipinski definition) is 1. The molecule has 32 heavy (non-hydrogen) atoms. The Morgan fingerprint density at radius 1 is 1.06 bits per heavy atom. The van der Waals surface area contributed by atoms with Crippen molar-refractivity contribution in [3.8, 4) is 11.4 Å². The van der Waals surface area contributed by atoms with Crippen molar-refractivity contribution in [3.63, 3.8) is 0 Å². The van der Waals surface area contributed by atoms with Gasteiger partial charge in [-0.05, 0) is 36.9 Å². The SMILES string of the molecule is CCN1CCC(n2cc(C(=O)Nc3cc4cc(-c5cn(C)nn5)ncc4cn3)cn2)CC1. The molecule has 4 aromatic rings. The molecule has 0 bridgehead atoms. The third kappa shape index (κ3) is 4.09. The largest absolute Gasteiger partial charge is 0.306 e. The van der Waals surface area contributed by atoms with Crippen LogP contribution in [0, 0.1) is 0 Å². The molecule has 10 heteroatoms. The van der Waals surface area contributed by atoms with Crippen molar-refractivity contribution in [2.75, 3.05) is 25.0 Å². The second-order valence-corrected chi connectivity index (χ2v) is 8.09. The lowest BCUT2D eigenvalue weighted by Gasteiger charge is -2.31. The monoisotopic (exact) mass is 431 g/mol. The number of hydrogen-bond acceptors (Lipinski definition) is 7. The molecule has 1 aliphatic heterocycles. The molecular weight excluding hydrogens is 406 g/mol. The zero-order valence-corrected chi connectivity index (χ0v) is 18.1. The number of carbonyl (C=O) groups excluding carboxylic acids is 1. The van der Waals surface area contributed by atoms with Gasteiger partial charge in [0.2, 0.25) is 0 Å². The molecule has 10 nitrogen and oxygen atoms in total. The average molecular weight is 432 g/mol. The molecule has 0 aliphatic carbocycles. The number of fused-ring (bicyclic) bond motifs is 1. The fourth-order valence-corrected chi connectivity index (χ4v) is 4.05. The van der Waals surface area contributed by atoms with Gasteiger partial charge in [-0.3, -0.25) is 19.1 Å². The van der Waals surface area contributed by atoms with Gasteiger partial charge in [-0.15, -0.1) is 5.10 Å². The third-order valence-corrected chi connectivity index (χ3v) is 5.95. The van der Waals surface area contributed by atoms with E-state index < -0.39 is 0 Å². The van der Waals surface area contributed by atoms with E-state index in [0.29, 0.717) is 28.8 Å². The van der Waals surface area contributed by atoms with Crippen LogP contribution in [0.25, 0.3) is 22.2 Å². The molecule has 0 atom stereocenters. The van der Waals surface area contributed by atoms with Gasteiger partial charge in [0.05, 0.1) is 29.7 Å². The van der Waals surface area contributed by atoms with Crippen molar-refractivity contribution in [3.05, 3.63) is 48.7 Å². The second-order valence-electron chi connectivity index (χ2n) is 8.09. The van der Waals surface area contributed by atoms with Crippen molar-refractivity contribution in [1.29, 1.82) is 0 Å². The Hall–Kier alpha value is -3.66. The number of pyridine rings is 2. The smallest absolute Gasteiger partial charge is 0.260 e. The van der Waals surface area contributed by atoms with Crippen LogP contribution in [-0.2, 0) is 7.05 Å². The number of aromatic nitrogens is 7. The van der Waals surface area contributed by atoms with Crippen molar-refractivity contribution < 1.29 is 4.79 Å². The predicted molar refractivity (Wildman–Crippen MR) is 120 cm³/mol. The van der Waals surface area contributed by atoms with Gasteiger partial charge < -0.3 is 10.2 Å². The fraction of sp³-hybridized carbons (Fsp3) is 0.364. The molecule has 0 aromatic carbocycles. The number of carbonyl (C=O) groups is 1. The van der Waals surface area contributed by atoms with Gasteiger partial charge in [0.25, 0.3) is 5.91 Å². The average Bonchev–Trinajstić information content (AvgIpc) is 3.48. The lowest BCUT2D eigenvalue weighted by molar-refractivity contribution is 0.102. The van der Waals surface area contributed by atoms with Crippen LogP contribution in [0.4, 0.5) is 5.82 Å². The molecule has 5 heterocycles. The zero-order chi connectivity index (χ0) is 22.1. The Morgan fingerprint density at radius 2 is 1.88 bits per heavy atom. The highest BCUT2D eigenvalue weighted by atomic mass is 16.1. The highest BCUT2D eigenvalue weighted by Gasteiger charge is 2.21. The van der Waals surface area contributed by atoms with Crippen molar-refractivity contribution in [2.24, 2.45) is 7.05 Å². The number of nitrogens with zero attached hydrogens (tertiary/aromatic N) is 8. The predicted octanol–water partition coefficient (Wildman–Crippen LogP) is 2.53. The molecule has 0 saturated carbocycles. The van der Waals surface area contributed by atoms with E-state index in [2.05, 4.69) is 42.5 Å². The number of rotatable bonds is 5. The highest BCUT2D eigenvalue weighted by molar-refractivity contribution is 6.04. The lowest BCUT2D eigenvalue weighted by Crippen LogP contribution is -2.34.